The number of anilines is 2. The van der Waals surface area contributed by atoms with Crippen LogP contribution in [0, 0.1) is 10.1 Å². The van der Waals surface area contributed by atoms with Crippen molar-refractivity contribution in [3.63, 3.8) is 0 Å². The molecule has 1 aliphatic rings. The predicted octanol–water partition coefficient (Wildman–Crippen LogP) is 4.14. The first-order valence-corrected chi connectivity index (χ1v) is 8.08. The molecular formula is C17H22N4O2. The maximum absolute atomic E-state index is 10.8. The smallest absolute Gasteiger partial charge is 0.269 e. The summed E-state index contributed by atoms with van der Waals surface area (Å²) in [6, 6.07) is 8.75. The Morgan fingerprint density at radius 2 is 1.87 bits per heavy atom. The van der Waals surface area contributed by atoms with E-state index < -0.39 is 0 Å². The number of rotatable bonds is 4. The highest BCUT2D eigenvalue weighted by Gasteiger charge is 2.21. The van der Waals surface area contributed by atoms with Crippen LogP contribution in [-0.2, 0) is 7.05 Å². The first-order chi connectivity index (χ1) is 11.1. The van der Waals surface area contributed by atoms with E-state index in [1.54, 1.807) is 12.1 Å². The first-order valence-electron chi connectivity index (χ1n) is 8.08. The summed E-state index contributed by atoms with van der Waals surface area (Å²) in [5.41, 5.74) is 2.18. The highest BCUT2D eigenvalue weighted by atomic mass is 16.6. The number of nitro groups is 1. The number of non-ortho nitro benzene ring substituents is 1. The molecule has 0 amide bonds. The molecule has 0 radical (unpaired) electrons. The lowest BCUT2D eigenvalue weighted by molar-refractivity contribution is -0.384. The van der Waals surface area contributed by atoms with Crippen LogP contribution in [0.2, 0.25) is 0 Å². The SMILES string of the molecule is CN(c1ccc([N+](=O)[O-])cc1)c1cc(C2CCCCC2)nn1C. The standard InChI is InChI=1S/C17H22N4O2/c1-19(14-8-10-15(11-9-14)21(22)23)17-12-16(18-20(17)2)13-6-4-3-5-7-13/h8-13H,3-7H2,1-2H3. The van der Waals surface area contributed by atoms with Crippen LogP contribution in [0.4, 0.5) is 17.2 Å². The Morgan fingerprint density at radius 1 is 1.22 bits per heavy atom. The van der Waals surface area contributed by atoms with Gasteiger partial charge in [0.2, 0.25) is 0 Å². The van der Waals surface area contributed by atoms with Gasteiger partial charge in [-0.15, -0.1) is 0 Å². The van der Waals surface area contributed by atoms with Gasteiger partial charge in [0, 0.05) is 43.9 Å². The van der Waals surface area contributed by atoms with E-state index in [0.29, 0.717) is 5.92 Å². The minimum atomic E-state index is -0.380. The largest absolute Gasteiger partial charge is 0.330 e. The fraction of sp³-hybridized carbons (Fsp3) is 0.471. The molecule has 0 N–H and O–H groups in total. The minimum absolute atomic E-state index is 0.107. The molecule has 6 nitrogen and oxygen atoms in total. The van der Waals surface area contributed by atoms with Crippen LogP contribution in [0.25, 0.3) is 0 Å². The summed E-state index contributed by atoms with van der Waals surface area (Å²) in [5, 5.41) is 15.5. The normalized spacial score (nSPS) is 15.6. The van der Waals surface area contributed by atoms with Crippen molar-refractivity contribution in [1.29, 1.82) is 0 Å². The summed E-state index contributed by atoms with van der Waals surface area (Å²) in [4.78, 5) is 12.4. The average molecular weight is 314 g/mol. The third-order valence-electron chi connectivity index (χ3n) is 4.69. The minimum Gasteiger partial charge on any atom is -0.330 e. The summed E-state index contributed by atoms with van der Waals surface area (Å²) in [5.74, 6) is 1.56. The third kappa shape index (κ3) is 3.21. The predicted molar refractivity (Wildman–Crippen MR) is 90.2 cm³/mol. The van der Waals surface area contributed by atoms with Crippen molar-refractivity contribution in [1.82, 2.24) is 9.78 Å². The molecule has 1 fully saturated rings. The number of nitro benzene ring substituents is 1. The highest BCUT2D eigenvalue weighted by Crippen LogP contribution is 2.34. The average Bonchev–Trinajstić information content (AvgIpc) is 2.97. The van der Waals surface area contributed by atoms with Gasteiger partial charge in [0.15, 0.2) is 0 Å². The van der Waals surface area contributed by atoms with Gasteiger partial charge in [0.05, 0.1) is 10.6 Å². The van der Waals surface area contributed by atoms with E-state index in [1.807, 2.05) is 23.7 Å². The molecule has 2 aromatic rings. The lowest BCUT2D eigenvalue weighted by atomic mass is 9.87. The van der Waals surface area contributed by atoms with Crippen LogP contribution in [0.1, 0.15) is 43.7 Å². The zero-order valence-corrected chi connectivity index (χ0v) is 13.6. The molecule has 0 spiro atoms. The second-order valence-corrected chi connectivity index (χ2v) is 6.22. The van der Waals surface area contributed by atoms with Crippen molar-refractivity contribution in [2.45, 2.75) is 38.0 Å². The Labute approximate surface area is 135 Å². The maximum Gasteiger partial charge on any atom is 0.269 e. The summed E-state index contributed by atoms with van der Waals surface area (Å²) in [6.07, 6.45) is 6.35. The van der Waals surface area contributed by atoms with E-state index >= 15 is 0 Å². The molecule has 1 heterocycles. The van der Waals surface area contributed by atoms with Gasteiger partial charge in [0.25, 0.3) is 5.69 Å². The number of aromatic nitrogens is 2. The van der Waals surface area contributed by atoms with Gasteiger partial charge in [-0.1, -0.05) is 19.3 Å². The maximum atomic E-state index is 10.8. The van der Waals surface area contributed by atoms with Gasteiger partial charge in [-0.25, -0.2) is 0 Å². The lowest BCUT2D eigenvalue weighted by Gasteiger charge is -2.19. The monoisotopic (exact) mass is 314 g/mol. The van der Waals surface area contributed by atoms with E-state index in [4.69, 9.17) is 5.10 Å². The number of hydrogen-bond acceptors (Lipinski definition) is 4. The molecule has 0 aliphatic heterocycles. The van der Waals surface area contributed by atoms with E-state index in [2.05, 4.69) is 6.07 Å². The number of hydrogen-bond donors (Lipinski definition) is 0. The molecule has 0 atom stereocenters. The van der Waals surface area contributed by atoms with E-state index in [-0.39, 0.29) is 10.6 Å². The van der Waals surface area contributed by atoms with Crippen LogP contribution in [0.5, 0.6) is 0 Å². The van der Waals surface area contributed by atoms with Gasteiger partial charge in [-0.05, 0) is 25.0 Å². The van der Waals surface area contributed by atoms with Crippen LogP contribution < -0.4 is 4.90 Å². The van der Waals surface area contributed by atoms with Crippen molar-refractivity contribution in [3.05, 3.63) is 46.1 Å². The second-order valence-electron chi connectivity index (χ2n) is 6.22. The second kappa shape index (κ2) is 6.40. The van der Waals surface area contributed by atoms with Gasteiger partial charge in [-0.3, -0.25) is 14.8 Å². The molecule has 0 saturated heterocycles. The van der Waals surface area contributed by atoms with Gasteiger partial charge in [0.1, 0.15) is 5.82 Å². The van der Waals surface area contributed by atoms with Crippen LogP contribution >= 0.6 is 0 Å². The van der Waals surface area contributed by atoms with Crippen molar-refractivity contribution in [2.24, 2.45) is 7.05 Å². The van der Waals surface area contributed by atoms with Gasteiger partial charge < -0.3 is 4.90 Å². The van der Waals surface area contributed by atoms with E-state index in [0.717, 1.165) is 17.2 Å². The number of aryl methyl sites for hydroxylation is 1. The number of nitrogens with zero attached hydrogens (tertiary/aromatic N) is 4. The Balaban J connectivity index is 1.82. The molecule has 1 saturated carbocycles. The Morgan fingerprint density at radius 3 is 2.48 bits per heavy atom. The van der Waals surface area contributed by atoms with Crippen LogP contribution in [0.3, 0.4) is 0 Å². The molecule has 0 unspecified atom stereocenters. The fourth-order valence-electron chi connectivity index (χ4n) is 3.32. The molecule has 6 heteroatoms. The third-order valence-corrected chi connectivity index (χ3v) is 4.69. The summed E-state index contributed by atoms with van der Waals surface area (Å²) < 4.78 is 1.89. The molecule has 1 aliphatic carbocycles. The lowest BCUT2D eigenvalue weighted by Crippen LogP contribution is -2.13. The number of benzene rings is 1. The van der Waals surface area contributed by atoms with Gasteiger partial charge >= 0.3 is 0 Å². The van der Waals surface area contributed by atoms with Crippen molar-refractivity contribution >= 4 is 17.2 Å². The Bertz CT molecular complexity index is 687. The Kier molecular flexibility index (Phi) is 4.32. The van der Waals surface area contributed by atoms with E-state index in [1.165, 1.54) is 44.2 Å². The topological polar surface area (TPSA) is 64.2 Å². The Hall–Kier alpha value is -2.37. The molecule has 122 valence electrons. The van der Waals surface area contributed by atoms with E-state index in [9.17, 15) is 10.1 Å². The summed E-state index contributed by atoms with van der Waals surface area (Å²) in [6.45, 7) is 0. The summed E-state index contributed by atoms with van der Waals surface area (Å²) >= 11 is 0. The summed E-state index contributed by atoms with van der Waals surface area (Å²) in [7, 11) is 3.91. The van der Waals surface area contributed by atoms with Crippen LogP contribution in [-0.4, -0.2) is 21.8 Å². The molecule has 3 rings (SSSR count). The van der Waals surface area contributed by atoms with Gasteiger partial charge in [-0.2, -0.15) is 5.10 Å². The molecule has 23 heavy (non-hydrogen) atoms. The highest BCUT2D eigenvalue weighted by molar-refractivity contribution is 5.61. The quantitative estimate of drug-likeness (QED) is 0.628. The van der Waals surface area contributed by atoms with Crippen molar-refractivity contribution in [3.8, 4) is 0 Å². The fourth-order valence-corrected chi connectivity index (χ4v) is 3.32. The van der Waals surface area contributed by atoms with Crippen LogP contribution in [0.15, 0.2) is 30.3 Å². The first kappa shape index (κ1) is 15.5. The molecule has 0 bridgehead atoms. The zero-order chi connectivity index (χ0) is 16.4. The molecular weight excluding hydrogens is 292 g/mol. The van der Waals surface area contributed by atoms with Crippen molar-refractivity contribution in [2.75, 3.05) is 11.9 Å². The molecule has 1 aromatic heterocycles. The van der Waals surface area contributed by atoms with Crippen molar-refractivity contribution < 1.29 is 4.92 Å². The molecule has 1 aromatic carbocycles. The zero-order valence-electron chi connectivity index (χ0n) is 13.6.